The highest BCUT2D eigenvalue weighted by Gasteiger charge is 2.28. The smallest absolute Gasteiger partial charge is 0.220 e. The molecule has 2 saturated heterocycles. The standard InChI is InChI=1S/C25H37N5O2/c1-19(2)27-25(31)15-20-8-9-26-17-21(20)14-22-16-24(32-28-22)18-29-10-12-30(13-11-29)23-6-4-3-5-7-23/h3-7,16,19-21,26H,8-15,17-18H2,1-2H3,(H,27,31)/t20-,21-/m0/s1. The topological polar surface area (TPSA) is 73.6 Å². The van der Waals surface area contributed by atoms with E-state index < -0.39 is 0 Å². The van der Waals surface area contributed by atoms with Gasteiger partial charge in [0.2, 0.25) is 5.91 Å². The number of carbonyl (C=O) groups is 1. The molecule has 0 bridgehead atoms. The monoisotopic (exact) mass is 439 g/mol. The van der Waals surface area contributed by atoms with Gasteiger partial charge in [0.15, 0.2) is 5.76 Å². The number of piperazine rings is 1. The van der Waals surface area contributed by atoms with Crippen LogP contribution < -0.4 is 15.5 Å². The zero-order chi connectivity index (χ0) is 22.3. The SMILES string of the molecule is CC(C)NC(=O)C[C@@H]1CCNC[C@@H]1Cc1cc(CN2CCN(c3ccccc3)CC2)on1. The minimum absolute atomic E-state index is 0.160. The summed E-state index contributed by atoms with van der Waals surface area (Å²) in [6, 6.07) is 12.9. The summed E-state index contributed by atoms with van der Waals surface area (Å²) in [4.78, 5) is 17.2. The minimum Gasteiger partial charge on any atom is -0.369 e. The molecule has 174 valence electrons. The third kappa shape index (κ3) is 6.33. The Morgan fingerprint density at radius 3 is 2.72 bits per heavy atom. The highest BCUT2D eigenvalue weighted by Crippen LogP contribution is 2.26. The van der Waals surface area contributed by atoms with Crippen molar-refractivity contribution in [3.05, 3.63) is 47.9 Å². The number of benzene rings is 1. The number of carbonyl (C=O) groups excluding carboxylic acids is 1. The van der Waals surface area contributed by atoms with Crippen LogP contribution in [0.1, 0.15) is 38.1 Å². The Morgan fingerprint density at radius 2 is 1.97 bits per heavy atom. The third-order valence-electron chi connectivity index (χ3n) is 6.61. The maximum atomic E-state index is 12.3. The lowest BCUT2D eigenvalue weighted by Gasteiger charge is -2.35. The predicted octanol–water partition coefficient (Wildman–Crippen LogP) is 2.68. The molecule has 0 unspecified atom stereocenters. The Labute approximate surface area is 191 Å². The maximum absolute atomic E-state index is 12.3. The molecule has 0 aliphatic carbocycles. The van der Waals surface area contributed by atoms with Crippen molar-refractivity contribution in [2.45, 2.75) is 45.7 Å². The van der Waals surface area contributed by atoms with Gasteiger partial charge in [0.05, 0.1) is 12.2 Å². The Balaban J connectivity index is 1.26. The van der Waals surface area contributed by atoms with Gasteiger partial charge < -0.3 is 20.1 Å². The molecule has 32 heavy (non-hydrogen) atoms. The van der Waals surface area contributed by atoms with Crippen LogP contribution in [0.3, 0.4) is 0 Å². The molecule has 7 nitrogen and oxygen atoms in total. The van der Waals surface area contributed by atoms with Crippen LogP contribution in [0.25, 0.3) is 0 Å². The Morgan fingerprint density at radius 1 is 1.19 bits per heavy atom. The summed E-state index contributed by atoms with van der Waals surface area (Å²) in [6.07, 6.45) is 2.49. The molecule has 0 spiro atoms. The molecule has 2 aliphatic rings. The predicted molar refractivity (Wildman–Crippen MR) is 127 cm³/mol. The molecule has 1 amide bonds. The number of aromatic nitrogens is 1. The number of rotatable bonds is 8. The van der Waals surface area contributed by atoms with Gasteiger partial charge in [-0.1, -0.05) is 23.4 Å². The van der Waals surface area contributed by atoms with E-state index in [1.165, 1.54) is 5.69 Å². The van der Waals surface area contributed by atoms with E-state index in [1.807, 2.05) is 13.8 Å². The number of piperidine rings is 1. The first-order valence-corrected chi connectivity index (χ1v) is 12.0. The van der Waals surface area contributed by atoms with Crippen molar-refractivity contribution in [2.24, 2.45) is 11.8 Å². The van der Waals surface area contributed by atoms with Crippen molar-refractivity contribution < 1.29 is 9.32 Å². The van der Waals surface area contributed by atoms with Crippen LogP contribution in [0.15, 0.2) is 40.9 Å². The van der Waals surface area contributed by atoms with Gasteiger partial charge in [0, 0.05) is 50.4 Å². The van der Waals surface area contributed by atoms with Crippen molar-refractivity contribution in [1.29, 1.82) is 0 Å². The van der Waals surface area contributed by atoms with Gasteiger partial charge in [-0.25, -0.2) is 0 Å². The van der Waals surface area contributed by atoms with Gasteiger partial charge in [-0.15, -0.1) is 0 Å². The van der Waals surface area contributed by atoms with E-state index in [1.54, 1.807) is 0 Å². The van der Waals surface area contributed by atoms with Crippen LogP contribution >= 0.6 is 0 Å². The second-order valence-corrected chi connectivity index (χ2v) is 9.53. The second kappa shape index (κ2) is 11.0. The fourth-order valence-electron chi connectivity index (χ4n) is 4.92. The van der Waals surface area contributed by atoms with Gasteiger partial charge >= 0.3 is 0 Å². The second-order valence-electron chi connectivity index (χ2n) is 9.53. The summed E-state index contributed by atoms with van der Waals surface area (Å²) >= 11 is 0. The maximum Gasteiger partial charge on any atom is 0.220 e. The Hall–Kier alpha value is -2.38. The molecule has 0 saturated carbocycles. The van der Waals surface area contributed by atoms with Crippen LogP contribution in [0.2, 0.25) is 0 Å². The minimum atomic E-state index is 0.160. The average Bonchev–Trinajstić information content (AvgIpc) is 3.22. The van der Waals surface area contributed by atoms with E-state index in [9.17, 15) is 4.79 Å². The number of hydrogen-bond donors (Lipinski definition) is 2. The lowest BCUT2D eigenvalue weighted by Crippen LogP contribution is -2.45. The summed E-state index contributed by atoms with van der Waals surface area (Å²) in [5, 5.41) is 10.9. The first-order chi connectivity index (χ1) is 15.6. The van der Waals surface area contributed by atoms with Crippen LogP contribution in [0, 0.1) is 11.8 Å². The van der Waals surface area contributed by atoms with E-state index in [2.05, 4.69) is 62.0 Å². The molecule has 1 aromatic heterocycles. The zero-order valence-corrected chi connectivity index (χ0v) is 19.4. The van der Waals surface area contributed by atoms with Crippen molar-refractivity contribution >= 4 is 11.6 Å². The van der Waals surface area contributed by atoms with Crippen LogP contribution in [0.4, 0.5) is 5.69 Å². The summed E-state index contributed by atoms with van der Waals surface area (Å²) in [7, 11) is 0. The number of amides is 1. The molecule has 2 fully saturated rings. The van der Waals surface area contributed by atoms with Crippen molar-refractivity contribution in [1.82, 2.24) is 20.7 Å². The van der Waals surface area contributed by atoms with E-state index in [0.717, 1.165) is 70.1 Å². The molecule has 2 aromatic rings. The average molecular weight is 440 g/mol. The summed E-state index contributed by atoms with van der Waals surface area (Å²) in [5.74, 6) is 1.90. The molecular formula is C25H37N5O2. The first kappa shape index (κ1) is 22.8. The molecule has 1 aromatic carbocycles. The molecule has 4 rings (SSSR count). The number of para-hydroxylation sites is 1. The largest absolute Gasteiger partial charge is 0.369 e. The molecule has 7 heteroatoms. The van der Waals surface area contributed by atoms with Crippen LogP contribution in [-0.2, 0) is 17.8 Å². The molecular weight excluding hydrogens is 402 g/mol. The summed E-state index contributed by atoms with van der Waals surface area (Å²) < 4.78 is 5.68. The van der Waals surface area contributed by atoms with Gasteiger partial charge in [-0.2, -0.15) is 0 Å². The molecule has 0 radical (unpaired) electrons. The van der Waals surface area contributed by atoms with Crippen molar-refractivity contribution in [3.8, 4) is 0 Å². The first-order valence-electron chi connectivity index (χ1n) is 12.0. The van der Waals surface area contributed by atoms with Crippen LogP contribution in [0.5, 0.6) is 0 Å². The Kier molecular flexibility index (Phi) is 7.81. The van der Waals surface area contributed by atoms with Gasteiger partial charge in [0.1, 0.15) is 0 Å². The third-order valence-corrected chi connectivity index (χ3v) is 6.61. The number of nitrogens with one attached hydrogen (secondary N) is 2. The molecule has 3 heterocycles. The number of hydrogen-bond acceptors (Lipinski definition) is 6. The quantitative estimate of drug-likeness (QED) is 0.659. The molecule has 2 atom stereocenters. The normalized spacial score (nSPS) is 22.3. The lowest BCUT2D eigenvalue weighted by atomic mass is 9.81. The van der Waals surface area contributed by atoms with Gasteiger partial charge in [-0.3, -0.25) is 9.69 Å². The molecule has 2 N–H and O–H groups in total. The van der Waals surface area contributed by atoms with Crippen LogP contribution in [-0.4, -0.2) is 61.3 Å². The number of anilines is 1. The Bertz CT molecular complexity index is 845. The fourth-order valence-corrected chi connectivity index (χ4v) is 4.92. The zero-order valence-electron chi connectivity index (χ0n) is 19.4. The summed E-state index contributed by atoms with van der Waals surface area (Å²) in [6.45, 7) is 10.8. The fraction of sp³-hybridized carbons (Fsp3) is 0.600. The molecule has 2 aliphatic heterocycles. The highest BCUT2D eigenvalue weighted by atomic mass is 16.5. The summed E-state index contributed by atoms with van der Waals surface area (Å²) in [5.41, 5.74) is 2.30. The van der Waals surface area contributed by atoms with E-state index >= 15 is 0 Å². The van der Waals surface area contributed by atoms with E-state index in [-0.39, 0.29) is 11.9 Å². The highest BCUT2D eigenvalue weighted by molar-refractivity contribution is 5.76. The van der Waals surface area contributed by atoms with Gasteiger partial charge in [-0.05, 0) is 63.7 Å². The lowest BCUT2D eigenvalue weighted by molar-refractivity contribution is -0.123. The van der Waals surface area contributed by atoms with Gasteiger partial charge in [0.25, 0.3) is 0 Å². The van der Waals surface area contributed by atoms with E-state index in [4.69, 9.17) is 4.52 Å². The van der Waals surface area contributed by atoms with Crippen molar-refractivity contribution in [2.75, 3.05) is 44.2 Å². The number of nitrogens with zero attached hydrogens (tertiary/aromatic N) is 3. The van der Waals surface area contributed by atoms with E-state index in [0.29, 0.717) is 18.3 Å². The van der Waals surface area contributed by atoms with Crippen molar-refractivity contribution in [3.63, 3.8) is 0 Å².